The summed E-state index contributed by atoms with van der Waals surface area (Å²) in [5.74, 6) is 0.552. The summed E-state index contributed by atoms with van der Waals surface area (Å²) < 4.78 is 53.1. The van der Waals surface area contributed by atoms with Crippen LogP contribution in [0.2, 0.25) is 0 Å². The largest absolute Gasteiger partial charge is 0.339 e. The van der Waals surface area contributed by atoms with Gasteiger partial charge in [0.05, 0.1) is 6.20 Å². The predicted molar refractivity (Wildman–Crippen MR) is 85.8 cm³/mol. The molecule has 1 saturated heterocycles. The van der Waals surface area contributed by atoms with E-state index in [9.17, 15) is 17.2 Å². The molecule has 0 aliphatic carbocycles. The normalized spacial score (nSPS) is 18.7. The van der Waals surface area contributed by atoms with Crippen molar-refractivity contribution in [2.24, 2.45) is 0 Å². The zero-order valence-corrected chi connectivity index (χ0v) is 14.1. The van der Waals surface area contributed by atoms with Crippen LogP contribution in [0.1, 0.15) is 12.8 Å². The lowest BCUT2D eigenvalue weighted by atomic mass is 10.1. The van der Waals surface area contributed by atoms with E-state index >= 15 is 0 Å². The van der Waals surface area contributed by atoms with Gasteiger partial charge in [-0.25, -0.2) is 31.9 Å². The first-order valence-electron chi connectivity index (χ1n) is 7.79. The van der Waals surface area contributed by atoms with Crippen LogP contribution in [-0.2, 0) is 16.6 Å². The highest BCUT2D eigenvalue weighted by molar-refractivity contribution is 7.89. The molecule has 0 saturated carbocycles. The van der Waals surface area contributed by atoms with Crippen molar-refractivity contribution in [2.45, 2.75) is 36.7 Å². The van der Waals surface area contributed by atoms with Crippen LogP contribution in [-0.4, -0.2) is 53.7 Å². The lowest BCUT2D eigenvalue weighted by molar-refractivity contribution is 0.121. The molecule has 0 spiro atoms. The minimum Gasteiger partial charge on any atom is -0.339 e. The zero-order chi connectivity index (χ0) is 17.9. The Morgan fingerprint density at radius 2 is 2.08 bits per heavy atom. The highest BCUT2D eigenvalue weighted by Crippen LogP contribution is 2.17. The molecule has 0 aromatic carbocycles. The Bertz CT molecular complexity index is 799. The van der Waals surface area contributed by atoms with Crippen LogP contribution in [0.3, 0.4) is 0 Å². The van der Waals surface area contributed by atoms with Crippen molar-refractivity contribution < 1.29 is 17.2 Å². The van der Waals surface area contributed by atoms with Gasteiger partial charge in [0.2, 0.25) is 16.0 Å². The zero-order valence-electron chi connectivity index (χ0n) is 13.3. The molecule has 2 aromatic rings. The summed E-state index contributed by atoms with van der Waals surface area (Å²) in [7, 11) is -3.83. The van der Waals surface area contributed by atoms with Gasteiger partial charge in [-0.05, 0) is 18.9 Å². The van der Waals surface area contributed by atoms with Gasteiger partial charge in [-0.3, -0.25) is 4.68 Å². The second kappa shape index (κ2) is 7.40. The number of sulfonamides is 1. The van der Waals surface area contributed by atoms with Crippen molar-refractivity contribution in [3.63, 3.8) is 0 Å². The van der Waals surface area contributed by atoms with E-state index < -0.39 is 23.0 Å². The van der Waals surface area contributed by atoms with Crippen molar-refractivity contribution >= 4 is 16.0 Å². The van der Waals surface area contributed by atoms with Crippen LogP contribution in [0.25, 0.3) is 0 Å². The molecule has 1 N–H and O–H groups in total. The number of aromatic nitrogens is 4. The fraction of sp³-hybridized carbons (Fsp3) is 0.500. The fourth-order valence-corrected chi connectivity index (χ4v) is 3.94. The van der Waals surface area contributed by atoms with Gasteiger partial charge in [0.25, 0.3) is 6.43 Å². The van der Waals surface area contributed by atoms with E-state index in [-0.39, 0.29) is 10.9 Å². The SMILES string of the molecule is O=S(=O)(N[C@H]1CCCN(c2ncccn2)C1)c1cnn(CC(F)F)c1. The van der Waals surface area contributed by atoms with Crippen molar-refractivity contribution in [1.29, 1.82) is 0 Å². The van der Waals surface area contributed by atoms with Gasteiger partial charge in [-0.15, -0.1) is 0 Å². The maximum absolute atomic E-state index is 12.4. The maximum atomic E-state index is 12.4. The molecule has 0 bridgehead atoms. The number of rotatable bonds is 6. The van der Waals surface area contributed by atoms with Crippen molar-refractivity contribution in [3.8, 4) is 0 Å². The number of hydrogen-bond donors (Lipinski definition) is 1. The first-order valence-corrected chi connectivity index (χ1v) is 9.27. The molecule has 136 valence electrons. The highest BCUT2D eigenvalue weighted by atomic mass is 32.2. The third-order valence-electron chi connectivity index (χ3n) is 3.82. The van der Waals surface area contributed by atoms with Crippen LogP contribution in [0.4, 0.5) is 14.7 Å². The van der Waals surface area contributed by atoms with Gasteiger partial charge in [-0.1, -0.05) is 0 Å². The first kappa shape index (κ1) is 17.7. The Hall–Kier alpha value is -2.14. The van der Waals surface area contributed by atoms with E-state index in [0.29, 0.717) is 18.9 Å². The minimum absolute atomic E-state index is 0.124. The highest BCUT2D eigenvalue weighted by Gasteiger charge is 2.27. The molecule has 1 atom stereocenters. The summed E-state index contributed by atoms with van der Waals surface area (Å²) in [5, 5.41) is 3.67. The molecule has 1 fully saturated rings. The van der Waals surface area contributed by atoms with Crippen LogP contribution in [0, 0.1) is 0 Å². The Kier molecular flexibility index (Phi) is 5.23. The predicted octanol–water partition coefficient (Wildman–Crippen LogP) is 0.885. The monoisotopic (exact) mass is 372 g/mol. The van der Waals surface area contributed by atoms with Gasteiger partial charge in [-0.2, -0.15) is 5.10 Å². The van der Waals surface area contributed by atoms with E-state index in [1.54, 1.807) is 18.5 Å². The number of anilines is 1. The Morgan fingerprint density at radius 1 is 1.32 bits per heavy atom. The first-order chi connectivity index (χ1) is 11.9. The lowest BCUT2D eigenvalue weighted by Crippen LogP contribution is -2.48. The van der Waals surface area contributed by atoms with Gasteiger partial charge in [0.15, 0.2) is 0 Å². The minimum atomic E-state index is -3.83. The molecule has 25 heavy (non-hydrogen) atoms. The van der Waals surface area contributed by atoms with E-state index in [1.165, 1.54) is 0 Å². The Morgan fingerprint density at radius 3 is 2.80 bits per heavy atom. The van der Waals surface area contributed by atoms with Gasteiger partial charge < -0.3 is 4.90 Å². The maximum Gasteiger partial charge on any atom is 0.257 e. The third kappa shape index (κ3) is 4.48. The Balaban J connectivity index is 1.67. The molecule has 0 radical (unpaired) electrons. The molecular formula is C14H18F2N6O2S. The van der Waals surface area contributed by atoms with Gasteiger partial charge in [0, 0.05) is 37.7 Å². The van der Waals surface area contributed by atoms with Crippen LogP contribution in [0.5, 0.6) is 0 Å². The average Bonchev–Trinajstić information content (AvgIpc) is 3.04. The average molecular weight is 372 g/mol. The standard InChI is InChI=1S/C14H18F2N6O2S/c15-13(16)10-22-9-12(7-19-22)25(23,24)20-11-3-1-6-21(8-11)14-17-4-2-5-18-14/h2,4-5,7,9,11,13,20H,1,3,6,8,10H2/t11-/m0/s1. The Labute approximate surface area is 143 Å². The van der Waals surface area contributed by atoms with Crippen molar-refractivity contribution in [2.75, 3.05) is 18.0 Å². The van der Waals surface area contributed by atoms with E-state index in [1.807, 2.05) is 4.90 Å². The summed E-state index contributed by atoms with van der Waals surface area (Å²) in [6.45, 7) is 0.543. The molecular weight excluding hydrogens is 354 g/mol. The molecule has 11 heteroatoms. The van der Waals surface area contributed by atoms with Crippen molar-refractivity contribution in [1.82, 2.24) is 24.5 Å². The second-order valence-electron chi connectivity index (χ2n) is 5.74. The number of alkyl halides is 2. The third-order valence-corrected chi connectivity index (χ3v) is 5.30. The van der Waals surface area contributed by atoms with Gasteiger partial charge >= 0.3 is 0 Å². The van der Waals surface area contributed by atoms with Gasteiger partial charge in [0.1, 0.15) is 11.4 Å². The molecule has 8 nitrogen and oxygen atoms in total. The summed E-state index contributed by atoms with van der Waals surface area (Å²) >= 11 is 0. The fourth-order valence-electron chi connectivity index (χ4n) is 2.72. The molecule has 3 heterocycles. The smallest absolute Gasteiger partial charge is 0.257 e. The van der Waals surface area contributed by atoms with Crippen molar-refractivity contribution in [3.05, 3.63) is 30.9 Å². The molecule has 1 aliphatic heterocycles. The van der Waals surface area contributed by atoms with E-state index in [4.69, 9.17) is 0 Å². The number of nitrogens with zero attached hydrogens (tertiary/aromatic N) is 5. The van der Waals surface area contributed by atoms with E-state index in [0.717, 1.165) is 30.0 Å². The lowest BCUT2D eigenvalue weighted by Gasteiger charge is -2.32. The van der Waals surface area contributed by atoms with Crippen LogP contribution >= 0.6 is 0 Å². The second-order valence-corrected chi connectivity index (χ2v) is 7.46. The molecule has 2 aromatic heterocycles. The van der Waals surface area contributed by atoms with Crippen LogP contribution < -0.4 is 9.62 Å². The summed E-state index contributed by atoms with van der Waals surface area (Å²) in [5.41, 5.74) is 0. The number of piperidine rings is 1. The summed E-state index contributed by atoms with van der Waals surface area (Å²) in [6.07, 6.45) is 4.31. The number of halogens is 2. The number of hydrogen-bond acceptors (Lipinski definition) is 6. The molecule has 0 unspecified atom stereocenters. The summed E-state index contributed by atoms with van der Waals surface area (Å²) in [6, 6.07) is 1.39. The molecule has 1 aliphatic rings. The molecule has 3 rings (SSSR count). The van der Waals surface area contributed by atoms with Crippen LogP contribution in [0.15, 0.2) is 35.7 Å². The van der Waals surface area contributed by atoms with E-state index in [2.05, 4.69) is 19.8 Å². The quantitative estimate of drug-likeness (QED) is 0.809. The molecule has 0 amide bonds. The summed E-state index contributed by atoms with van der Waals surface area (Å²) in [4.78, 5) is 10.1. The number of nitrogens with one attached hydrogen (secondary N) is 1. The topological polar surface area (TPSA) is 93.0 Å².